The van der Waals surface area contributed by atoms with Crippen LogP contribution in [0.2, 0.25) is 0 Å². The molecular weight excluding hydrogens is 370 g/mol. The number of hydrogen-bond donors (Lipinski definition) is 2. The van der Waals surface area contributed by atoms with E-state index in [0.717, 1.165) is 24.8 Å². The smallest absolute Gasteiger partial charge is 0.259 e. The Balaban J connectivity index is 1.27. The second-order valence-electron chi connectivity index (χ2n) is 8.79. The summed E-state index contributed by atoms with van der Waals surface area (Å²) >= 11 is 0. The molecule has 1 aromatic carbocycles. The Hall–Kier alpha value is -2.57. The van der Waals surface area contributed by atoms with E-state index < -0.39 is 0 Å². The molecule has 4 aliphatic carbocycles. The van der Waals surface area contributed by atoms with E-state index in [1.165, 1.54) is 25.5 Å². The highest BCUT2D eigenvalue weighted by Gasteiger charge is 2.54. The number of nitrogens with zero attached hydrogens (tertiary/aromatic N) is 1. The lowest BCUT2D eigenvalue weighted by Crippen LogP contribution is -2.54. The van der Waals surface area contributed by atoms with Gasteiger partial charge in [-0.1, -0.05) is 0 Å². The lowest BCUT2D eigenvalue weighted by molar-refractivity contribution is -0.147. The van der Waals surface area contributed by atoms with Crippen LogP contribution in [0, 0.1) is 23.2 Å². The first-order valence-corrected chi connectivity index (χ1v) is 10.3. The normalized spacial score (nSPS) is 29.7. The van der Waals surface area contributed by atoms with Gasteiger partial charge in [-0.2, -0.15) is 5.10 Å². The zero-order valence-electron chi connectivity index (χ0n) is 17.1. The zero-order chi connectivity index (χ0) is 20.4. The van der Waals surface area contributed by atoms with E-state index >= 15 is 0 Å². The summed E-state index contributed by atoms with van der Waals surface area (Å²) in [6.07, 6.45) is 8.37. The Morgan fingerprint density at radius 2 is 1.69 bits per heavy atom. The minimum Gasteiger partial charge on any atom is -0.493 e. The molecule has 1 aromatic rings. The summed E-state index contributed by atoms with van der Waals surface area (Å²) in [5.41, 5.74) is 3.00. The third kappa shape index (κ3) is 4.09. The Morgan fingerprint density at radius 3 is 2.28 bits per heavy atom. The van der Waals surface area contributed by atoms with E-state index in [9.17, 15) is 9.59 Å². The highest BCUT2D eigenvalue weighted by molar-refractivity contribution is 5.89. The molecule has 2 N–H and O–H groups in total. The molecule has 4 bridgehead atoms. The van der Waals surface area contributed by atoms with Crippen molar-refractivity contribution in [2.45, 2.75) is 38.5 Å². The number of methoxy groups -OCH3 is 2. The van der Waals surface area contributed by atoms with Gasteiger partial charge < -0.3 is 14.8 Å². The molecular formula is C22H29N3O4. The third-order valence-corrected chi connectivity index (χ3v) is 6.74. The maximum absolute atomic E-state index is 12.9. The fourth-order valence-corrected chi connectivity index (χ4v) is 5.89. The van der Waals surface area contributed by atoms with E-state index in [1.807, 2.05) is 6.07 Å². The molecule has 0 radical (unpaired) electrons. The van der Waals surface area contributed by atoms with Gasteiger partial charge in [0.1, 0.15) is 0 Å². The quantitative estimate of drug-likeness (QED) is 0.545. The van der Waals surface area contributed by atoms with Crippen LogP contribution < -0.4 is 20.2 Å². The van der Waals surface area contributed by atoms with Crippen molar-refractivity contribution in [1.29, 1.82) is 0 Å². The molecule has 0 heterocycles. The summed E-state index contributed by atoms with van der Waals surface area (Å²) in [5.74, 6) is 3.04. The number of ether oxygens (including phenoxy) is 2. The standard InChI is InChI=1S/C22H29N3O4/c1-28-18-4-3-14(8-19(18)29-2)12-24-25-20(26)13-23-21(27)22-9-15-5-16(10-22)7-17(6-15)11-22/h3-4,8,12,15-17H,5-7,9-11,13H2,1-2H3,(H,23,27)(H,25,26). The molecule has 0 unspecified atom stereocenters. The minimum atomic E-state index is -0.334. The van der Waals surface area contributed by atoms with Gasteiger partial charge in [0.25, 0.3) is 5.91 Å². The molecule has 5 rings (SSSR count). The van der Waals surface area contributed by atoms with Crippen LogP contribution in [0.1, 0.15) is 44.1 Å². The number of rotatable bonds is 7. The number of hydrazone groups is 1. The number of hydrogen-bond acceptors (Lipinski definition) is 5. The predicted molar refractivity (Wildman–Crippen MR) is 109 cm³/mol. The molecule has 4 fully saturated rings. The Labute approximate surface area is 171 Å². The first-order valence-electron chi connectivity index (χ1n) is 10.3. The van der Waals surface area contributed by atoms with E-state index in [0.29, 0.717) is 29.3 Å². The van der Waals surface area contributed by atoms with Gasteiger partial charge >= 0.3 is 0 Å². The highest BCUT2D eigenvalue weighted by Crippen LogP contribution is 2.60. The molecule has 0 atom stereocenters. The number of benzene rings is 1. The van der Waals surface area contributed by atoms with Crippen molar-refractivity contribution in [3.05, 3.63) is 23.8 Å². The fraction of sp³-hybridized carbons (Fsp3) is 0.591. The summed E-state index contributed by atoms with van der Waals surface area (Å²) in [5, 5.41) is 6.83. The zero-order valence-corrected chi connectivity index (χ0v) is 17.1. The van der Waals surface area contributed by atoms with E-state index in [2.05, 4.69) is 15.8 Å². The number of amides is 2. The van der Waals surface area contributed by atoms with Gasteiger partial charge in [-0.25, -0.2) is 5.43 Å². The lowest BCUT2D eigenvalue weighted by atomic mass is 9.49. The highest BCUT2D eigenvalue weighted by atomic mass is 16.5. The maximum atomic E-state index is 12.9. The molecule has 0 aromatic heterocycles. The molecule has 0 saturated heterocycles. The topological polar surface area (TPSA) is 89.0 Å². The first kappa shape index (κ1) is 19.7. The number of carbonyl (C=O) groups is 2. The van der Waals surface area contributed by atoms with Crippen LogP contribution in [0.15, 0.2) is 23.3 Å². The summed E-state index contributed by atoms with van der Waals surface area (Å²) in [4.78, 5) is 25.0. The fourth-order valence-electron chi connectivity index (χ4n) is 5.89. The van der Waals surface area contributed by atoms with Gasteiger partial charge in [0.05, 0.1) is 27.0 Å². The van der Waals surface area contributed by atoms with Gasteiger partial charge in [-0.05, 0) is 80.0 Å². The number of carbonyl (C=O) groups excluding carboxylic acids is 2. The summed E-state index contributed by atoms with van der Waals surface area (Å²) in [6, 6.07) is 5.35. The van der Waals surface area contributed by atoms with Crippen molar-refractivity contribution in [3.63, 3.8) is 0 Å². The predicted octanol–water partition coefficient (Wildman–Crippen LogP) is 2.49. The largest absolute Gasteiger partial charge is 0.493 e. The summed E-state index contributed by atoms with van der Waals surface area (Å²) < 4.78 is 10.4. The van der Waals surface area contributed by atoms with Gasteiger partial charge in [0.2, 0.25) is 5.91 Å². The van der Waals surface area contributed by atoms with Crippen molar-refractivity contribution < 1.29 is 19.1 Å². The average Bonchev–Trinajstić information content (AvgIpc) is 2.70. The van der Waals surface area contributed by atoms with Crippen molar-refractivity contribution in [2.24, 2.45) is 28.3 Å². The van der Waals surface area contributed by atoms with E-state index in [4.69, 9.17) is 9.47 Å². The SMILES string of the molecule is COc1ccc(C=NNC(=O)CNC(=O)C23CC4CC(CC(C4)C2)C3)cc1OC. The van der Waals surface area contributed by atoms with Crippen molar-refractivity contribution >= 4 is 18.0 Å². The van der Waals surface area contributed by atoms with Gasteiger partial charge in [-0.15, -0.1) is 0 Å². The van der Waals surface area contributed by atoms with Crippen molar-refractivity contribution in [1.82, 2.24) is 10.7 Å². The van der Waals surface area contributed by atoms with Gasteiger partial charge in [0, 0.05) is 5.41 Å². The molecule has 156 valence electrons. The minimum absolute atomic E-state index is 0.0515. The second-order valence-corrected chi connectivity index (χ2v) is 8.79. The lowest BCUT2D eigenvalue weighted by Gasteiger charge is -2.55. The molecule has 2 amide bonds. The molecule has 0 aliphatic heterocycles. The van der Waals surface area contributed by atoms with E-state index in [-0.39, 0.29) is 23.8 Å². The van der Waals surface area contributed by atoms with Crippen LogP contribution in [0.25, 0.3) is 0 Å². The first-order chi connectivity index (χ1) is 14.0. The van der Waals surface area contributed by atoms with Gasteiger partial charge in [0.15, 0.2) is 11.5 Å². The average molecular weight is 399 g/mol. The monoisotopic (exact) mass is 399 g/mol. The van der Waals surface area contributed by atoms with Crippen LogP contribution in [0.3, 0.4) is 0 Å². The Morgan fingerprint density at radius 1 is 1.07 bits per heavy atom. The Bertz CT molecular complexity index is 785. The van der Waals surface area contributed by atoms with Crippen LogP contribution in [-0.2, 0) is 9.59 Å². The molecule has 4 saturated carbocycles. The molecule has 7 heteroatoms. The second kappa shape index (κ2) is 8.05. The van der Waals surface area contributed by atoms with Crippen LogP contribution >= 0.6 is 0 Å². The summed E-state index contributed by atoms with van der Waals surface area (Å²) in [6.45, 7) is -0.0517. The Kier molecular flexibility index (Phi) is 5.48. The molecule has 4 aliphatic rings. The maximum Gasteiger partial charge on any atom is 0.259 e. The van der Waals surface area contributed by atoms with Crippen LogP contribution in [0.5, 0.6) is 11.5 Å². The van der Waals surface area contributed by atoms with Gasteiger partial charge in [-0.3, -0.25) is 9.59 Å². The molecule has 29 heavy (non-hydrogen) atoms. The van der Waals surface area contributed by atoms with Crippen LogP contribution in [-0.4, -0.2) is 38.8 Å². The van der Waals surface area contributed by atoms with E-state index in [1.54, 1.807) is 26.4 Å². The van der Waals surface area contributed by atoms with Crippen LogP contribution in [0.4, 0.5) is 0 Å². The summed E-state index contributed by atoms with van der Waals surface area (Å²) in [7, 11) is 3.14. The van der Waals surface area contributed by atoms with Crippen molar-refractivity contribution in [3.8, 4) is 11.5 Å². The molecule has 0 spiro atoms. The third-order valence-electron chi connectivity index (χ3n) is 6.74. The van der Waals surface area contributed by atoms with Crippen molar-refractivity contribution in [2.75, 3.05) is 20.8 Å². The molecule has 7 nitrogen and oxygen atoms in total. The number of nitrogens with one attached hydrogen (secondary N) is 2.